The molecule has 1 aliphatic rings. The summed E-state index contributed by atoms with van der Waals surface area (Å²) in [6.07, 6.45) is -0.537. The van der Waals surface area contributed by atoms with E-state index in [-0.39, 0.29) is 12.2 Å². The Labute approximate surface area is 98.1 Å². The van der Waals surface area contributed by atoms with Crippen LogP contribution in [0.15, 0.2) is 47.2 Å². The van der Waals surface area contributed by atoms with Crippen molar-refractivity contribution in [2.45, 2.75) is 18.3 Å². The van der Waals surface area contributed by atoms with Crippen LogP contribution in [0.3, 0.4) is 0 Å². The molecule has 0 unspecified atom stereocenters. The van der Waals surface area contributed by atoms with Gasteiger partial charge in [0.2, 0.25) is 0 Å². The molecule has 0 aliphatic carbocycles. The molecule has 1 aromatic carbocycles. The van der Waals surface area contributed by atoms with Crippen molar-refractivity contribution in [3.8, 4) is 0 Å². The van der Waals surface area contributed by atoms with Gasteiger partial charge in [0.15, 0.2) is 0 Å². The Morgan fingerprint density at radius 3 is 2.69 bits per heavy atom. The predicted octanol–water partition coefficient (Wildman–Crippen LogP) is 2.92. The third-order valence-corrected chi connectivity index (χ3v) is 3.55. The normalized spacial score (nSPS) is 25.3. The third kappa shape index (κ3) is 1.78. The van der Waals surface area contributed by atoms with E-state index < -0.39 is 6.10 Å². The first-order chi connectivity index (χ1) is 7.86. The van der Waals surface area contributed by atoms with E-state index in [1.54, 1.807) is 11.3 Å². The maximum absolute atomic E-state index is 10.1. The van der Waals surface area contributed by atoms with E-state index in [0.29, 0.717) is 0 Å². The van der Waals surface area contributed by atoms with Gasteiger partial charge >= 0.3 is 0 Å². The lowest BCUT2D eigenvalue weighted by molar-refractivity contribution is 0.137. The molecule has 0 bridgehead atoms. The number of thiophene rings is 1. The summed E-state index contributed by atoms with van der Waals surface area (Å²) < 4.78 is 5.54. The molecule has 82 valence electrons. The molecule has 2 heterocycles. The first-order valence-electron chi connectivity index (χ1n) is 5.27. The number of rotatable bonds is 3. The van der Waals surface area contributed by atoms with Crippen LogP contribution in [0.5, 0.6) is 0 Å². The van der Waals surface area contributed by atoms with Gasteiger partial charge in [0.25, 0.3) is 0 Å². The molecule has 0 saturated carbocycles. The van der Waals surface area contributed by atoms with Crippen LogP contribution in [-0.4, -0.2) is 11.2 Å². The van der Waals surface area contributed by atoms with E-state index >= 15 is 0 Å². The summed E-state index contributed by atoms with van der Waals surface area (Å²) in [5.74, 6) is 0. The minimum Gasteiger partial charge on any atom is -0.386 e. The zero-order chi connectivity index (χ0) is 11.0. The molecule has 16 heavy (non-hydrogen) atoms. The summed E-state index contributed by atoms with van der Waals surface area (Å²) in [6, 6.07) is 12.0. The molecule has 2 aromatic rings. The lowest BCUT2D eigenvalue weighted by Crippen LogP contribution is -2.04. The second-order valence-corrected chi connectivity index (χ2v) is 4.71. The number of ether oxygens (including phenoxy) is 1. The lowest BCUT2D eigenvalue weighted by atomic mass is 10.0. The van der Waals surface area contributed by atoms with Crippen LogP contribution in [0.2, 0.25) is 0 Å². The summed E-state index contributed by atoms with van der Waals surface area (Å²) in [4.78, 5) is 0. The van der Waals surface area contributed by atoms with Gasteiger partial charge in [-0.1, -0.05) is 30.3 Å². The molecule has 1 saturated heterocycles. The third-order valence-electron chi connectivity index (χ3n) is 2.85. The average Bonchev–Trinajstić information content (AvgIpc) is 2.95. The van der Waals surface area contributed by atoms with Crippen molar-refractivity contribution in [2.75, 3.05) is 0 Å². The number of hydrogen-bond acceptors (Lipinski definition) is 3. The zero-order valence-corrected chi connectivity index (χ0v) is 9.43. The van der Waals surface area contributed by atoms with Gasteiger partial charge in [-0.25, -0.2) is 0 Å². The highest BCUT2D eigenvalue weighted by Crippen LogP contribution is 2.45. The Morgan fingerprint density at radius 2 is 2.00 bits per heavy atom. The first kappa shape index (κ1) is 10.0. The van der Waals surface area contributed by atoms with Crippen molar-refractivity contribution in [2.24, 2.45) is 0 Å². The van der Waals surface area contributed by atoms with Crippen LogP contribution in [0.25, 0.3) is 0 Å². The molecule has 0 radical (unpaired) electrons. The van der Waals surface area contributed by atoms with Crippen LogP contribution >= 0.6 is 11.3 Å². The monoisotopic (exact) mass is 232 g/mol. The molecular weight excluding hydrogens is 220 g/mol. The predicted molar refractivity (Wildman–Crippen MR) is 63.3 cm³/mol. The Bertz CT molecular complexity index is 452. The highest BCUT2D eigenvalue weighted by molar-refractivity contribution is 7.07. The van der Waals surface area contributed by atoms with E-state index in [1.807, 2.05) is 47.2 Å². The molecule has 2 nitrogen and oxygen atoms in total. The fourth-order valence-corrected chi connectivity index (χ4v) is 2.60. The molecule has 1 fully saturated rings. The van der Waals surface area contributed by atoms with Crippen LogP contribution in [0.1, 0.15) is 23.3 Å². The Kier molecular flexibility index (Phi) is 2.52. The number of hydrogen-bond donors (Lipinski definition) is 1. The van der Waals surface area contributed by atoms with Gasteiger partial charge in [0.05, 0.1) is 0 Å². The second-order valence-electron chi connectivity index (χ2n) is 3.93. The summed E-state index contributed by atoms with van der Waals surface area (Å²) >= 11 is 1.59. The highest BCUT2D eigenvalue weighted by atomic mass is 32.1. The highest BCUT2D eigenvalue weighted by Gasteiger charge is 2.45. The van der Waals surface area contributed by atoms with Crippen LogP contribution < -0.4 is 0 Å². The van der Waals surface area contributed by atoms with Crippen molar-refractivity contribution in [3.63, 3.8) is 0 Å². The van der Waals surface area contributed by atoms with E-state index in [1.165, 1.54) is 0 Å². The molecule has 3 heteroatoms. The second kappa shape index (κ2) is 4.01. The fraction of sp³-hybridized carbons (Fsp3) is 0.231. The van der Waals surface area contributed by atoms with Gasteiger partial charge in [0, 0.05) is 0 Å². The number of benzene rings is 1. The topological polar surface area (TPSA) is 32.8 Å². The van der Waals surface area contributed by atoms with E-state index in [4.69, 9.17) is 4.74 Å². The van der Waals surface area contributed by atoms with Gasteiger partial charge in [0.1, 0.15) is 18.3 Å². The van der Waals surface area contributed by atoms with Crippen LogP contribution in [-0.2, 0) is 4.74 Å². The van der Waals surface area contributed by atoms with Crippen molar-refractivity contribution in [1.29, 1.82) is 0 Å². The van der Waals surface area contributed by atoms with Gasteiger partial charge in [-0.3, -0.25) is 0 Å². The minimum atomic E-state index is -0.503. The van der Waals surface area contributed by atoms with Crippen molar-refractivity contribution in [1.82, 2.24) is 0 Å². The van der Waals surface area contributed by atoms with Crippen molar-refractivity contribution >= 4 is 11.3 Å². The Hall–Kier alpha value is -1.16. The first-order valence-corrected chi connectivity index (χ1v) is 6.21. The molecule has 0 spiro atoms. The maximum atomic E-state index is 10.1. The van der Waals surface area contributed by atoms with E-state index in [0.717, 1.165) is 11.1 Å². The SMILES string of the molecule is O[C@H](c1ccsc1)[C@H]1O[C@@H]1c1ccccc1. The maximum Gasteiger partial charge on any atom is 0.119 e. The van der Waals surface area contributed by atoms with Gasteiger partial charge in [-0.15, -0.1) is 0 Å². The van der Waals surface area contributed by atoms with E-state index in [2.05, 4.69) is 0 Å². The molecule has 0 amide bonds. The van der Waals surface area contributed by atoms with Crippen LogP contribution in [0, 0.1) is 0 Å². The number of aliphatic hydroxyl groups is 1. The Morgan fingerprint density at radius 1 is 1.19 bits per heavy atom. The molecular formula is C13H12O2S. The van der Waals surface area contributed by atoms with Crippen LogP contribution in [0.4, 0.5) is 0 Å². The summed E-state index contributed by atoms with van der Waals surface area (Å²) in [5, 5.41) is 14.0. The quantitative estimate of drug-likeness (QED) is 0.825. The van der Waals surface area contributed by atoms with Crippen molar-refractivity contribution in [3.05, 3.63) is 58.3 Å². The summed E-state index contributed by atoms with van der Waals surface area (Å²) in [6.45, 7) is 0. The molecule has 3 atom stereocenters. The Balaban J connectivity index is 1.73. The standard InChI is InChI=1S/C13H12O2S/c14-11(10-6-7-16-8-10)13-12(15-13)9-4-2-1-3-5-9/h1-8,11-14H/t11-,12-,13-/m1/s1. The molecule has 3 rings (SSSR count). The summed E-state index contributed by atoms with van der Waals surface area (Å²) in [5.41, 5.74) is 2.09. The lowest BCUT2D eigenvalue weighted by Gasteiger charge is -2.04. The van der Waals surface area contributed by atoms with Crippen molar-refractivity contribution < 1.29 is 9.84 Å². The molecule has 1 aliphatic heterocycles. The van der Waals surface area contributed by atoms with Gasteiger partial charge < -0.3 is 9.84 Å². The number of epoxide rings is 1. The molecule has 1 aromatic heterocycles. The largest absolute Gasteiger partial charge is 0.386 e. The fourth-order valence-electron chi connectivity index (χ4n) is 1.91. The van der Waals surface area contributed by atoms with Gasteiger partial charge in [-0.2, -0.15) is 11.3 Å². The average molecular weight is 232 g/mol. The zero-order valence-electron chi connectivity index (χ0n) is 8.61. The number of aliphatic hydroxyl groups excluding tert-OH is 1. The minimum absolute atomic E-state index is 0.0519. The summed E-state index contributed by atoms with van der Waals surface area (Å²) in [7, 11) is 0. The molecule has 1 N–H and O–H groups in total. The van der Waals surface area contributed by atoms with Gasteiger partial charge in [-0.05, 0) is 28.0 Å². The smallest absolute Gasteiger partial charge is 0.119 e. The van der Waals surface area contributed by atoms with E-state index in [9.17, 15) is 5.11 Å².